The van der Waals surface area contributed by atoms with Crippen LogP contribution >= 0.6 is 24.8 Å². The highest BCUT2D eigenvalue weighted by Gasteiger charge is 2.20. The molecule has 1 aliphatic heterocycles. The van der Waals surface area contributed by atoms with Crippen molar-refractivity contribution in [2.24, 2.45) is 5.73 Å². The molecular weight excluding hydrogens is 421 g/mol. The SMILES string of the molecule is CC(C)c1ccc(C(N)CNC(=O)CN2CCN(c3ccccn3)CC2)cc1.Cl.Cl. The fourth-order valence-corrected chi connectivity index (χ4v) is 3.40. The first-order valence-electron chi connectivity index (χ1n) is 10.0. The number of hydrogen-bond donors (Lipinski definition) is 2. The molecule has 2 aromatic rings. The molecule has 1 saturated heterocycles. The Labute approximate surface area is 192 Å². The summed E-state index contributed by atoms with van der Waals surface area (Å²) in [5.74, 6) is 1.53. The molecule has 3 N–H and O–H groups in total. The molecule has 8 heteroatoms. The standard InChI is InChI=1S/C22H31N5O.2ClH/c1-17(2)18-6-8-19(9-7-18)20(23)15-25-22(28)16-26-11-13-27(14-12-26)21-5-3-4-10-24-21;;/h3-10,17,20H,11-16,23H2,1-2H3,(H,25,28);2*1H. The molecule has 1 fully saturated rings. The van der Waals surface area contributed by atoms with Gasteiger partial charge in [0.25, 0.3) is 0 Å². The zero-order chi connectivity index (χ0) is 19.9. The van der Waals surface area contributed by atoms with Gasteiger partial charge < -0.3 is 16.0 Å². The van der Waals surface area contributed by atoms with Gasteiger partial charge in [0.1, 0.15) is 5.82 Å². The first-order chi connectivity index (χ1) is 13.5. The number of anilines is 1. The highest BCUT2D eigenvalue weighted by molar-refractivity contribution is 5.85. The number of benzene rings is 1. The molecule has 1 aromatic carbocycles. The third kappa shape index (κ3) is 7.43. The van der Waals surface area contributed by atoms with Gasteiger partial charge in [-0.15, -0.1) is 24.8 Å². The van der Waals surface area contributed by atoms with Gasteiger partial charge in [0.05, 0.1) is 6.54 Å². The molecule has 1 atom stereocenters. The average molecular weight is 454 g/mol. The third-order valence-electron chi connectivity index (χ3n) is 5.26. The second-order valence-corrected chi connectivity index (χ2v) is 7.68. The summed E-state index contributed by atoms with van der Waals surface area (Å²) in [5, 5.41) is 2.98. The maximum Gasteiger partial charge on any atom is 0.234 e. The van der Waals surface area contributed by atoms with Gasteiger partial charge in [-0.3, -0.25) is 9.69 Å². The van der Waals surface area contributed by atoms with Crippen molar-refractivity contribution in [3.63, 3.8) is 0 Å². The van der Waals surface area contributed by atoms with Crippen LogP contribution in [0.4, 0.5) is 5.82 Å². The molecule has 0 bridgehead atoms. The molecule has 166 valence electrons. The van der Waals surface area contributed by atoms with E-state index in [0.29, 0.717) is 19.0 Å². The zero-order valence-electron chi connectivity index (χ0n) is 17.7. The zero-order valence-corrected chi connectivity index (χ0v) is 19.3. The molecule has 2 heterocycles. The first-order valence-corrected chi connectivity index (χ1v) is 10.0. The van der Waals surface area contributed by atoms with Crippen LogP contribution in [0.3, 0.4) is 0 Å². The Morgan fingerprint density at radius 3 is 2.23 bits per heavy atom. The summed E-state index contributed by atoms with van der Waals surface area (Å²) in [6.45, 7) is 8.68. The molecule has 0 radical (unpaired) electrons. The van der Waals surface area contributed by atoms with Crippen molar-refractivity contribution in [1.82, 2.24) is 15.2 Å². The van der Waals surface area contributed by atoms with Crippen LogP contribution < -0.4 is 16.0 Å². The van der Waals surface area contributed by atoms with Crippen LogP contribution in [0.1, 0.15) is 36.9 Å². The van der Waals surface area contributed by atoms with Gasteiger partial charge in [-0.1, -0.05) is 44.2 Å². The Morgan fingerprint density at radius 2 is 1.67 bits per heavy atom. The van der Waals surface area contributed by atoms with Crippen molar-refractivity contribution in [2.45, 2.75) is 25.8 Å². The highest BCUT2D eigenvalue weighted by Crippen LogP contribution is 2.17. The third-order valence-corrected chi connectivity index (χ3v) is 5.26. The Morgan fingerprint density at radius 1 is 1.03 bits per heavy atom. The van der Waals surface area contributed by atoms with Crippen LogP contribution in [0, 0.1) is 0 Å². The van der Waals surface area contributed by atoms with Crippen molar-refractivity contribution in [2.75, 3.05) is 44.2 Å². The van der Waals surface area contributed by atoms with Gasteiger partial charge in [0, 0.05) is 45.0 Å². The van der Waals surface area contributed by atoms with Crippen LogP contribution in [-0.4, -0.2) is 55.1 Å². The van der Waals surface area contributed by atoms with E-state index in [1.165, 1.54) is 5.56 Å². The quantitative estimate of drug-likeness (QED) is 0.673. The largest absolute Gasteiger partial charge is 0.354 e. The van der Waals surface area contributed by atoms with Crippen molar-refractivity contribution < 1.29 is 4.79 Å². The molecular formula is C22H33Cl2N5O. The molecule has 1 amide bonds. The van der Waals surface area contributed by atoms with Crippen molar-refractivity contribution in [3.05, 3.63) is 59.8 Å². The lowest BCUT2D eigenvalue weighted by Crippen LogP contribution is -2.50. The molecule has 0 spiro atoms. The van der Waals surface area contributed by atoms with Gasteiger partial charge in [-0.2, -0.15) is 0 Å². The van der Waals surface area contributed by atoms with Crippen molar-refractivity contribution in [3.8, 4) is 0 Å². The number of nitrogens with zero attached hydrogens (tertiary/aromatic N) is 3. The fourth-order valence-electron chi connectivity index (χ4n) is 3.40. The number of hydrogen-bond acceptors (Lipinski definition) is 5. The summed E-state index contributed by atoms with van der Waals surface area (Å²) >= 11 is 0. The molecule has 3 rings (SSSR count). The normalized spacial score (nSPS) is 15.1. The van der Waals surface area contributed by atoms with Gasteiger partial charge in [0.15, 0.2) is 0 Å². The monoisotopic (exact) mass is 453 g/mol. The van der Waals surface area contributed by atoms with Crippen LogP contribution in [0.15, 0.2) is 48.7 Å². The predicted octanol–water partition coefficient (Wildman–Crippen LogP) is 2.99. The van der Waals surface area contributed by atoms with E-state index < -0.39 is 0 Å². The van der Waals surface area contributed by atoms with E-state index in [-0.39, 0.29) is 36.8 Å². The number of carbonyl (C=O) groups excluding carboxylic acids is 1. The topological polar surface area (TPSA) is 74.5 Å². The number of nitrogens with two attached hydrogens (primary N) is 1. The Bertz CT molecular complexity index is 750. The number of carbonyl (C=O) groups is 1. The fraction of sp³-hybridized carbons (Fsp3) is 0.455. The molecule has 30 heavy (non-hydrogen) atoms. The van der Waals surface area contributed by atoms with E-state index in [9.17, 15) is 4.79 Å². The van der Waals surface area contributed by atoms with Crippen LogP contribution in [0.5, 0.6) is 0 Å². The molecule has 6 nitrogen and oxygen atoms in total. The lowest BCUT2D eigenvalue weighted by atomic mass is 9.99. The summed E-state index contributed by atoms with van der Waals surface area (Å²) in [6, 6.07) is 14.1. The minimum absolute atomic E-state index is 0. The second-order valence-electron chi connectivity index (χ2n) is 7.68. The summed E-state index contributed by atoms with van der Waals surface area (Å²) < 4.78 is 0. The molecule has 0 aliphatic carbocycles. The van der Waals surface area contributed by atoms with Crippen LogP contribution in [0.2, 0.25) is 0 Å². The lowest BCUT2D eigenvalue weighted by Gasteiger charge is -2.35. The minimum atomic E-state index is -0.189. The maximum absolute atomic E-state index is 12.3. The lowest BCUT2D eigenvalue weighted by molar-refractivity contribution is -0.122. The summed E-state index contributed by atoms with van der Waals surface area (Å²) in [6.07, 6.45) is 1.81. The highest BCUT2D eigenvalue weighted by atomic mass is 35.5. The summed E-state index contributed by atoms with van der Waals surface area (Å²) in [5.41, 5.74) is 8.59. The number of aromatic nitrogens is 1. The van der Waals surface area contributed by atoms with Crippen molar-refractivity contribution >= 4 is 36.5 Å². The smallest absolute Gasteiger partial charge is 0.234 e. The van der Waals surface area contributed by atoms with Crippen molar-refractivity contribution in [1.29, 1.82) is 0 Å². The van der Waals surface area contributed by atoms with E-state index in [2.05, 4.69) is 58.2 Å². The van der Waals surface area contributed by atoms with Gasteiger partial charge >= 0.3 is 0 Å². The van der Waals surface area contributed by atoms with Gasteiger partial charge in [-0.05, 0) is 29.2 Å². The van der Waals surface area contributed by atoms with E-state index in [0.717, 1.165) is 37.6 Å². The number of piperazine rings is 1. The van der Waals surface area contributed by atoms with E-state index >= 15 is 0 Å². The Balaban J connectivity index is 0.00000225. The first kappa shape index (κ1) is 26.2. The molecule has 1 aliphatic rings. The number of nitrogens with one attached hydrogen (secondary N) is 1. The molecule has 1 unspecified atom stereocenters. The average Bonchev–Trinajstić information content (AvgIpc) is 2.73. The second kappa shape index (κ2) is 12.7. The Hall–Kier alpha value is -1.86. The van der Waals surface area contributed by atoms with E-state index in [4.69, 9.17) is 5.73 Å². The predicted molar refractivity (Wildman–Crippen MR) is 128 cm³/mol. The summed E-state index contributed by atoms with van der Waals surface area (Å²) in [7, 11) is 0. The maximum atomic E-state index is 12.3. The van der Waals surface area contributed by atoms with E-state index in [1.807, 2.05) is 24.4 Å². The Kier molecular flexibility index (Phi) is 11.1. The van der Waals surface area contributed by atoms with Crippen LogP contribution in [0.25, 0.3) is 0 Å². The van der Waals surface area contributed by atoms with Gasteiger partial charge in [0.2, 0.25) is 5.91 Å². The molecule has 1 aromatic heterocycles. The van der Waals surface area contributed by atoms with Gasteiger partial charge in [-0.25, -0.2) is 4.98 Å². The summed E-state index contributed by atoms with van der Waals surface area (Å²) in [4.78, 5) is 21.1. The number of pyridine rings is 1. The van der Waals surface area contributed by atoms with Crippen LogP contribution in [-0.2, 0) is 4.79 Å². The molecule has 0 saturated carbocycles. The number of amides is 1. The number of rotatable bonds is 7. The number of halogens is 2. The van der Waals surface area contributed by atoms with E-state index in [1.54, 1.807) is 0 Å². The minimum Gasteiger partial charge on any atom is -0.354 e.